The number of carbonyl (C=O) groups is 1. The quantitative estimate of drug-likeness (QED) is 0.411. The molecule has 0 N–H and O–H groups in total. The second-order valence-electron chi connectivity index (χ2n) is 4.90. The van der Waals surface area contributed by atoms with Gasteiger partial charge >= 0.3 is 0 Å². The highest BCUT2D eigenvalue weighted by Crippen LogP contribution is 2.18. The van der Waals surface area contributed by atoms with E-state index in [0.717, 1.165) is 10.4 Å². The molecule has 0 bridgehead atoms. The van der Waals surface area contributed by atoms with Gasteiger partial charge in [0.15, 0.2) is 0 Å². The van der Waals surface area contributed by atoms with Crippen LogP contribution in [0.4, 0.5) is 0 Å². The zero-order valence-electron chi connectivity index (χ0n) is 10.5. The lowest BCUT2D eigenvalue weighted by atomic mass is 9.99. The summed E-state index contributed by atoms with van der Waals surface area (Å²) in [5, 5.41) is 0. The molecular formula is C12H16BN3O. The van der Waals surface area contributed by atoms with E-state index in [1.165, 1.54) is 6.34 Å². The molecular weight excluding hydrogens is 213 g/mol. The molecule has 4 nitrogen and oxygen atoms in total. The first kappa shape index (κ1) is 13.4. The van der Waals surface area contributed by atoms with Crippen LogP contribution in [-0.4, -0.2) is 37.8 Å². The molecule has 1 amide bonds. The van der Waals surface area contributed by atoms with E-state index >= 15 is 0 Å². The molecule has 0 unspecified atom stereocenters. The van der Waals surface area contributed by atoms with Crippen molar-refractivity contribution in [3.63, 3.8) is 0 Å². The van der Waals surface area contributed by atoms with E-state index in [1.807, 2.05) is 20.8 Å². The monoisotopic (exact) mass is 229 g/mol. The summed E-state index contributed by atoms with van der Waals surface area (Å²) in [4.78, 5) is 20.8. The number of hydrogen-bond acceptors (Lipinski definition) is 2. The molecule has 5 heteroatoms. The fourth-order valence-corrected chi connectivity index (χ4v) is 1.25. The fraction of sp³-hybridized carbons (Fsp3) is 0.417. The zero-order valence-corrected chi connectivity index (χ0v) is 10.5. The molecule has 2 radical (unpaired) electrons. The fourth-order valence-electron chi connectivity index (χ4n) is 1.25. The van der Waals surface area contributed by atoms with E-state index in [0.29, 0.717) is 12.2 Å². The Morgan fingerprint density at radius 3 is 2.65 bits per heavy atom. The molecule has 0 aromatic heterocycles. The largest absolute Gasteiger partial charge is 0.387 e. The van der Waals surface area contributed by atoms with E-state index in [2.05, 4.69) is 16.6 Å². The highest BCUT2D eigenvalue weighted by Gasteiger charge is 2.24. The van der Waals surface area contributed by atoms with Crippen molar-refractivity contribution in [2.75, 3.05) is 6.54 Å². The normalized spacial score (nSPS) is 17.8. The van der Waals surface area contributed by atoms with Crippen molar-refractivity contribution in [2.24, 2.45) is 15.4 Å². The van der Waals surface area contributed by atoms with Gasteiger partial charge in [0.2, 0.25) is 7.98 Å². The SMILES string of the molecule is [B]N1CC(C=C)=C(N=CN=CC(C)(C)C)C1=O. The Labute approximate surface area is 103 Å². The van der Waals surface area contributed by atoms with Crippen LogP contribution in [0.25, 0.3) is 0 Å². The van der Waals surface area contributed by atoms with Crippen molar-refractivity contribution >= 4 is 26.4 Å². The molecule has 0 spiro atoms. The van der Waals surface area contributed by atoms with Crippen LogP contribution in [0, 0.1) is 5.41 Å². The first-order valence-electron chi connectivity index (χ1n) is 5.34. The Hall–Kier alpha value is -1.65. The van der Waals surface area contributed by atoms with E-state index in [-0.39, 0.29) is 11.3 Å². The summed E-state index contributed by atoms with van der Waals surface area (Å²) in [6.07, 6.45) is 4.72. The maximum Gasteiger partial charge on any atom is 0.260 e. The minimum atomic E-state index is -0.304. The van der Waals surface area contributed by atoms with Crippen LogP contribution in [0.15, 0.2) is 33.9 Å². The van der Waals surface area contributed by atoms with Crippen LogP contribution in [0.5, 0.6) is 0 Å². The predicted octanol–water partition coefficient (Wildman–Crippen LogP) is 1.50. The summed E-state index contributed by atoms with van der Waals surface area (Å²) in [6, 6.07) is 0. The highest BCUT2D eigenvalue weighted by molar-refractivity contribution is 6.20. The van der Waals surface area contributed by atoms with Gasteiger partial charge in [0.05, 0.1) is 0 Å². The average molecular weight is 229 g/mol. The van der Waals surface area contributed by atoms with Gasteiger partial charge in [0.25, 0.3) is 5.91 Å². The van der Waals surface area contributed by atoms with E-state index in [9.17, 15) is 4.79 Å². The first-order valence-corrected chi connectivity index (χ1v) is 5.34. The summed E-state index contributed by atoms with van der Waals surface area (Å²) in [7, 11) is 5.49. The molecule has 88 valence electrons. The van der Waals surface area contributed by atoms with E-state index in [1.54, 1.807) is 12.3 Å². The van der Waals surface area contributed by atoms with Gasteiger partial charge in [-0.05, 0) is 5.41 Å². The van der Waals surface area contributed by atoms with Crippen LogP contribution < -0.4 is 0 Å². The van der Waals surface area contributed by atoms with E-state index in [4.69, 9.17) is 7.98 Å². The van der Waals surface area contributed by atoms with Crippen LogP contribution in [0.1, 0.15) is 20.8 Å². The molecule has 0 aliphatic carbocycles. The summed E-state index contributed by atoms with van der Waals surface area (Å²) in [5.41, 5.74) is 1.02. The van der Waals surface area contributed by atoms with Crippen molar-refractivity contribution < 1.29 is 4.79 Å². The topological polar surface area (TPSA) is 45.0 Å². The van der Waals surface area contributed by atoms with E-state index < -0.39 is 0 Å². The smallest absolute Gasteiger partial charge is 0.260 e. The molecule has 0 atom stereocenters. The van der Waals surface area contributed by atoms with Gasteiger partial charge < -0.3 is 4.81 Å². The number of hydrogen-bond donors (Lipinski definition) is 0. The maximum absolute atomic E-state index is 11.6. The Bertz CT molecular complexity index is 416. The molecule has 0 fully saturated rings. The third-order valence-electron chi connectivity index (χ3n) is 2.07. The van der Waals surface area contributed by atoms with Crippen molar-refractivity contribution in [1.29, 1.82) is 0 Å². The molecule has 0 saturated carbocycles. The molecule has 0 aromatic carbocycles. The lowest BCUT2D eigenvalue weighted by Crippen LogP contribution is -2.23. The second kappa shape index (κ2) is 5.12. The summed E-state index contributed by atoms with van der Waals surface area (Å²) in [6.45, 7) is 10.1. The number of amides is 1. The number of carbonyl (C=O) groups excluding carboxylic acids is 1. The predicted molar refractivity (Wildman–Crippen MR) is 71.1 cm³/mol. The van der Waals surface area contributed by atoms with Crippen LogP contribution in [0.3, 0.4) is 0 Å². The number of aliphatic imine (C=N–C) groups is 2. The van der Waals surface area contributed by atoms with Gasteiger partial charge in [-0.1, -0.05) is 33.4 Å². The van der Waals surface area contributed by atoms with Gasteiger partial charge in [0.1, 0.15) is 12.0 Å². The third-order valence-corrected chi connectivity index (χ3v) is 2.07. The number of rotatable bonds is 3. The first-order chi connectivity index (χ1) is 7.85. The van der Waals surface area contributed by atoms with Gasteiger partial charge in [-0.25, -0.2) is 9.98 Å². The Balaban J connectivity index is 2.80. The Kier molecular flexibility index (Phi) is 4.04. The zero-order chi connectivity index (χ0) is 13.1. The van der Waals surface area contributed by atoms with Gasteiger partial charge in [-0.3, -0.25) is 4.79 Å². The standard InChI is InChI=1S/C12H16BN3O/c1-5-9-6-16(13)11(17)10(9)15-8-14-7-12(2,3)4/h5,7-8H,1,6H2,2-4H3. The van der Waals surface area contributed by atoms with Crippen molar-refractivity contribution in [1.82, 2.24) is 4.81 Å². The highest BCUT2D eigenvalue weighted by atomic mass is 16.2. The van der Waals surface area contributed by atoms with Crippen LogP contribution in [-0.2, 0) is 4.79 Å². The summed E-state index contributed by atoms with van der Waals surface area (Å²) >= 11 is 0. The molecule has 0 aromatic rings. The number of nitrogens with zero attached hydrogens (tertiary/aromatic N) is 3. The van der Waals surface area contributed by atoms with Gasteiger partial charge in [0, 0.05) is 18.3 Å². The minimum Gasteiger partial charge on any atom is -0.387 e. The lowest BCUT2D eigenvalue weighted by molar-refractivity contribution is -0.121. The third kappa shape index (κ3) is 3.69. The maximum atomic E-state index is 11.6. The molecule has 1 rings (SSSR count). The second-order valence-corrected chi connectivity index (χ2v) is 4.90. The summed E-state index contributed by atoms with van der Waals surface area (Å²) in [5.74, 6) is -0.304. The Morgan fingerprint density at radius 2 is 2.12 bits per heavy atom. The van der Waals surface area contributed by atoms with Gasteiger partial charge in [-0.2, -0.15) is 0 Å². The molecule has 1 aliphatic rings. The molecule has 1 heterocycles. The Morgan fingerprint density at radius 1 is 1.47 bits per heavy atom. The molecule has 17 heavy (non-hydrogen) atoms. The van der Waals surface area contributed by atoms with Crippen LogP contribution in [0.2, 0.25) is 0 Å². The minimum absolute atomic E-state index is 0.0126. The summed E-state index contributed by atoms with van der Waals surface area (Å²) < 4.78 is 0. The van der Waals surface area contributed by atoms with Crippen molar-refractivity contribution in [3.8, 4) is 0 Å². The van der Waals surface area contributed by atoms with Crippen molar-refractivity contribution in [3.05, 3.63) is 23.9 Å². The van der Waals surface area contributed by atoms with Crippen molar-refractivity contribution in [2.45, 2.75) is 20.8 Å². The molecule has 1 aliphatic heterocycles. The molecule has 0 saturated heterocycles. The average Bonchev–Trinajstić information content (AvgIpc) is 2.49. The van der Waals surface area contributed by atoms with Gasteiger partial charge in [-0.15, -0.1) is 0 Å². The van der Waals surface area contributed by atoms with Crippen LogP contribution >= 0.6 is 0 Å². The lowest BCUT2D eigenvalue weighted by Gasteiger charge is -2.08.